The molecule has 0 aliphatic carbocycles. The van der Waals surface area contributed by atoms with Crippen LogP contribution >= 0.6 is 0 Å². The zero-order chi connectivity index (χ0) is 28.6. The summed E-state index contributed by atoms with van der Waals surface area (Å²) in [6, 6.07) is -1.28. The summed E-state index contributed by atoms with van der Waals surface area (Å²) in [6.45, 7) is 2.26. The quantitative estimate of drug-likeness (QED) is 0.129. The number of nitrogens with one attached hydrogen (secondary N) is 2. The Morgan fingerprint density at radius 2 is 1.08 bits per heavy atom. The Kier molecular flexibility index (Phi) is 21.4. The zero-order valence-electron chi connectivity index (χ0n) is 22.9. The molecule has 2 heterocycles. The zero-order valence-corrected chi connectivity index (χ0v) is 22.9. The van der Waals surface area contributed by atoms with Gasteiger partial charge in [-0.25, -0.2) is 9.59 Å². The minimum Gasteiger partial charge on any atom is -0.481 e. The molecule has 2 aliphatic heterocycles. The third kappa shape index (κ3) is 21.2. The molecule has 218 valence electrons. The number of aliphatic carboxylic acids is 3. The minimum absolute atomic E-state index is 0.164. The predicted molar refractivity (Wildman–Crippen MR) is 145 cm³/mol. The standard InChI is InChI=1S/C18H34O2.2C5H7NO3/c1-2-3-4-5-6-7-8-9-10-11-12-13-14-15-16-17-18(19)20;2*7-4-2-1-3(6-4)5(8)9/h9-10H,2-8,11-17H2,1H3,(H,19,20);2*3H,1-2H2,(H,6,7)(H,8,9)/b10-9-;;/t;2*3-/m.00/s1. The number of carbonyl (C=O) groups excluding carboxylic acids is 2. The lowest BCUT2D eigenvalue weighted by Crippen LogP contribution is -2.32. The maximum absolute atomic E-state index is 10.4. The first kappa shape index (κ1) is 35.1. The fourth-order valence-corrected chi connectivity index (χ4v) is 3.95. The molecule has 0 aromatic heterocycles. The van der Waals surface area contributed by atoms with Crippen LogP contribution in [-0.4, -0.2) is 57.1 Å². The Balaban J connectivity index is 0.000000620. The molecule has 2 aliphatic rings. The Labute approximate surface area is 226 Å². The summed E-state index contributed by atoms with van der Waals surface area (Å²) >= 11 is 0. The molecular formula is C28H48N2O8. The van der Waals surface area contributed by atoms with E-state index in [0.717, 1.165) is 12.8 Å². The fraction of sp³-hybridized carbons (Fsp3) is 0.750. The molecule has 2 amide bonds. The van der Waals surface area contributed by atoms with Gasteiger partial charge in [0.2, 0.25) is 11.8 Å². The van der Waals surface area contributed by atoms with E-state index in [1.807, 2.05) is 0 Å². The van der Waals surface area contributed by atoms with Crippen molar-refractivity contribution in [3.8, 4) is 0 Å². The third-order valence-electron chi connectivity index (χ3n) is 6.24. The number of carboxylic acids is 3. The van der Waals surface area contributed by atoms with Crippen LogP contribution in [0, 0.1) is 0 Å². The maximum atomic E-state index is 10.4. The van der Waals surface area contributed by atoms with E-state index in [9.17, 15) is 24.0 Å². The van der Waals surface area contributed by atoms with E-state index < -0.39 is 30.0 Å². The lowest BCUT2D eigenvalue weighted by Gasteiger charge is -1.99. The summed E-state index contributed by atoms with van der Waals surface area (Å²) in [7, 11) is 0. The number of hydrogen-bond acceptors (Lipinski definition) is 5. The highest BCUT2D eigenvalue weighted by Crippen LogP contribution is 2.10. The molecule has 0 unspecified atom stereocenters. The third-order valence-corrected chi connectivity index (χ3v) is 6.24. The van der Waals surface area contributed by atoms with Gasteiger partial charge in [0.25, 0.3) is 0 Å². The van der Waals surface area contributed by atoms with Crippen molar-refractivity contribution in [2.45, 2.75) is 135 Å². The van der Waals surface area contributed by atoms with Crippen LogP contribution < -0.4 is 10.6 Å². The van der Waals surface area contributed by atoms with Gasteiger partial charge in [0.1, 0.15) is 12.1 Å². The van der Waals surface area contributed by atoms with Crippen LogP contribution in [0.4, 0.5) is 0 Å². The molecule has 0 bridgehead atoms. The number of unbranched alkanes of at least 4 members (excludes halogenated alkanes) is 11. The molecule has 2 atom stereocenters. The van der Waals surface area contributed by atoms with Gasteiger partial charge in [-0.1, -0.05) is 70.4 Å². The van der Waals surface area contributed by atoms with Crippen LogP contribution in [-0.2, 0) is 24.0 Å². The highest BCUT2D eigenvalue weighted by atomic mass is 16.4. The Morgan fingerprint density at radius 3 is 1.39 bits per heavy atom. The van der Waals surface area contributed by atoms with E-state index in [0.29, 0.717) is 32.1 Å². The first-order valence-corrected chi connectivity index (χ1v) is 14.1. The molecule has 10 nitrogen and oxygen atoms in total. The first-order valence-electron chi connectivity index (χ1n) is 14.1. The van der Waals surface area contributed by atoms with Gasteiger partial charge >= 0.3 is 17.9 Å². The molecule has 0 spiro atoms. The molecule has 0 aromatic carbocycles. The molecule has 5 N–H and O–H groups in total. The number of carboxylic acid groups (broad SMARTS) is 3. The largest absolute Gasteiger partial charge is 0.481 e. The second kappa shape index (κ2) is 23.2. The van der Waals surface area contributed by atoms with E-state index >= 15 is 0 Å². The minimum atomic E-state index is -0.944. The van der Waals surface area contributed by atoms with Gasteiger partial charge in [0.15, 0.2) is 0 Å². The van der Waals surface area contributed by atoms with Crippen molar-refractivity contribution >= 4 is 29.7 Å². The number of carbonyl (C=O) groups is 5. The van der Waals surface area contributed by atoms with Crippen LogP contribution in [0.1, 0.15) is 122 Å². The van der Waals surface area contributed by atoms with Gasteiger partial charge < -0.3 is 26.0 Å². The van der Waals surface area contributed by atoms with Gasteiger partial charge in [-0.3, -0.25) is 14.4 Å². The first-order chi connectivity index (χ1) is 18.2. The number of hydrogen-bond donors (Lipinski definition) is 5. The van der Waals surface area contributed by atoms with Gasteiger partial charge in [-0.15, -0.1) is 0 Å². The second-order valence-corrected chi connectivity index (χ2v) is 9.72. The monoisotopic (exact) mass is 540 g/mol. The van der Waals surface area contributed by atoms with Crippen molar-refractivity contribution < 1.29 is 39.3 Å². The van der Waals surface area contributed by atoms with Crippen molar-refractivity contribution in [3.05, 3.63) is 12.2 Å². The van der Waals surface area contributed by atoms with Gasteiger partial charge in [-0.05, 0) is 44.9 Å². The summed E-state index contributed by atoms with van der Waals surface area (Å²) in [4.78, 5) is 51.4. The van der Waals surface area contributed by atoms with E-state index in [2.05, 4.69) is 29.7 Å². The van der Waals surface area contributed by atoms with E-state index in [1.165, 1.54) is 70.6 Å². The van der Waals surface area contributed by atoms with E-state index in [1.54, 1.807) is 0 Å². The number of rotatable bonds is 17. The van der Waals surface area contributed by atoms with Crippen LogP contribution in [0.2, 0.25) is 0 Å². The Bertz CT molecular complexity index is 702. The smallest absolute Gasteiger partial charge is 0.326 e. The number of allylic oxidation sites excluding steroid dienone is 2. The van der Waals surface area contributed by atoms with Crippen LogP contribution in [0.5, 0.6) is 0 Å². The van der Waals surface area contributed by atoms with Crippen molar-refractivity contribution in [2.24, 2.45) is 0 Å². The maximum Gasteiger partial charge on any atom is 0.326 e. The van der Waals surface area contributed by atoms with Crippen LogP contribution in [0.3, 0.4) is 0 Å². The summed E-state index contributed by atoms with van der Waals surface area (Å²) < 4.78 is 0. The SMILES string of the molecule is CCCCCCCC/C=C\CCCCCCCC(=O)O.O=C1CC[C@@H](C(=O)O)N1.O=C1CC[C@@H](C(=O)O)N1. The molecule has 2 saturated heterocycles. The normalized spacial score (nSPS) is 18.1. The number of amides is 2. The van der Waals surface area contributed by atoms with Crippen molar-refractivity contribution in [3.63, 3.8) is 0 Å². The second-order valence-electron chi connectivity index (χ2n) is 9.72. The van der Waals surface area contributed by atoms with E-state index in [-0.39, 0.29) is 11.8 Å². The molecular weight excluding hydrogens is 492 g/mol. The topological polar surface area (TPSA) is 170 Å². The molecule has 0 aromatic rings. The Hall–Kier alpha value is -2.91. The summed E-state index contributed by atoms with van der Waals surface area (Å²) in [5.41, 5.74) is 0. The fourth-order valence-electron chi connectivity index (χ4n) is 3.95. The summed E-state index contributed by atoms with van der Waals surface area (Å²) in [5.74, 6) is -2.88. The molecule has 2 fully saturated rings. The molecule has 2 rings (SSSR count). The van der Waals surface area contributed by atoms with Gasteiger partial charge in [-0.2, -0.15) is 0 Å². The summed E-state index contributed by atoms with van der Waals surface area (Å²) in [5, 5.41) is 29.8. The van der Waals surface area contributed by atoms with Crippen molar-refractivity contribution in [2.75, 3.05) is 0 Å². The summed E-state index contributed by atoms with van der Waals surface area (Å²) in [6.07, 6.45) is 22.8. The highest BCUT2D eigenvalue weighted by Gasteiger charge is 2.26. The lowest BCUT2D eigenvalue weighted by atomic mass is 10.1. The molecule has 10 heteroatoms. The van der Waals surface area contributed by atoms with Crippen LogP contribution in [0.25, 0.3) is 0 Å². The predicted octanol–water partition coefficient (Wildman–Crippen LogP) is 4.81. The molecule has 38 heavy (non-hydrogen) atoms. The Morgan fingerprint density at radius 1 is 0.684 bits per heavy atom. The molecule has 0 saturated carbocycles. The lowest BCUT2D eigenvalue weighted by molar-refractivity contribution is -0.140. The van der Waals surface area contributed by atoms with Gasteiger partial charge in [0, 0.05) is 19.3 Å². The molecule has 0 radical (unpaired) electrons. The van der Waals surface area contributed by atoms with Crippen molar-refractivity contribution in [1.82, 2.24) is 10.6 Å². The van der Waals surface area contributed by atoms with Gasteiger partial charge in [0.05, 0.1) is 0 Å². The average Bonchev–Trinajstić information content (AvgIpc) is 3.51. The van der Waals surface area contributed by atoms with Crippen molar-refractivity contribution in [1.29, 1.82) is 0 Å². The average molecular weight is 541 g/mol. The van der Waals surface area contributed by atoms with Crippen LogP contribution in [0.15, 0.2) is 12.2 Å². The van der Waals surface area contributed by atoms with E-state index in [4.69, 9.17) is 15.3 Å². The highest BCUT2D eigenvalue weighted by molar-refractivity contribution is 5.87.